The van der Waals surface area contributed by atoms with E-state index in [0.717, 1.165) is 36.6 Å². The van der Waals surface area contributed by atoms with E-state index in [1.165, 1.54) is 6.07 Å². The molecule has 160 valence electrons. The number of piperidine rings is 1. The van der Waals surface area contributed by atoms with E-state index < -0.39 is 35.5 Å². The number of carbonyl (C=O) groups excluding carboxylic acids is 4. The van der Waals surface area contributed by atoms with E-state index in [4.69, 9.17) is 0 Å². The summed E-state index contributed by atoms with van der Waals surface area (Å²) >= 11 is 0. The minimum absolute atomic E-state index is 0.0409. The highest BCUT2D eigenvalue weighted by Gasteiger charge is 2.45. The Morgan fingerprint density at radius 1 is 1.07 bits per heavy atom. The minimum atomic E-state index is -1.06. The van der Waals surface area contributed by atoms with E-state index in [1.807, 2.05) is 11.9 Å². The van der Waals surface area contributed by atoms with Crippen molar-refractivity contribution in [1.29, 1.82) is 0 Å². The summed E-state index contributed by atoms with van der Waals surface area (Å²) in [5, 5.41) is 5.44. The van der Waals surface area contributed by atoms with Gasteiger partial charge in [0, 0.05) is 25.6 Å². The van der Waals surface area contributed by atoms with Crippen molar-refractivity contribution in [2.24, 2.45) is 0 Å². The van der Waals surface area contributed by atoms with Gasteiger partial charge < -0.3 is 10.2 Å². The molecule has 2 fully saturated rings. The Kier molecular flexibility index (Phi) is 5.31. The Labute approximate surface area is 173 Å². The van der Waals surface area contributed by atoms with Crippen LogP contribution in [0.2, 0.25) is 0 Å². The zero-order valence-electron chi connectivity index (χ0n) is 17.0. The molecule has 1 aromatic carbocycles. The van der Waals surface area contributed by atoms with Crippen LogP contribution in [-0.2, 0) is 9.59 Å². The molecule has 4 amide bonds. The first-order valence-corrected chi connectivity index (χ1v) is 10.3. The number of carbonyl (C=O) groups is 4. The van der Waals surface area contributed by atoms with E-state index in [1.54, 1.807) is 7.05 Å². The van der Waals surface area contributed by atoms with Gasteiger partial charge in [0.25, 0.3) is 11.8 Å². The van der Waals surface area contributed by atoms with Crippen molar-refractivity contribution in [3.8, 4) is 0 Å². The predicted octanol–water partition coefficient (Wildman–Crippen LogP) is 1.19. The SMILES string of the molecule is CN[C@@H]1CCCC[C@@H]1N(C)c1cc2c(cc1F)C(=O)N(C1CCC(=O)NC1=O)C2=O. The first-order valence-electron chi connectivity index (χ1n) is 10.3. The first kappa shape index (κ1) is 20.5. The van der Waals surface area contributed by atoms with Crippen molar-refractivity contribution >= 4 is 29.3 Å². The average Bonchev–Trinajstić information content (AvgIpc) is 2.96. The molecule has 2 N–H and O–H groups in total. The third-order valence-electron chi connectivity index (χ3n) is 6.48. The molecule has 1 unspecified atom stereocenters. The monoisotopic (exact) mass is 416 g/mol. The average molecular weight is 416 g/mol. The van der Waals surface area contributed by atoms with Crippen LogP contribution >= 0.6 is 0 Å². The van der Waals surface area contributed by atoms with Gasteiger partial charge >= 0.3 is 0 Å². The van der Waals surface area contributed by atoms with E-state index in [9.17, 15) is 19.2 Å². The van der Waals surface area contributed by atoms with Crippen molar-refractivity contribution < 1.29 is 23.6 Å². The molecule has 0 spiro atoms. The Morgan fingerprint density at radius 3 is 2.40 bits per heavy atom. The molecule has 1 saturated heterocycles. The number of halogens is 1. The molecule has 1 aliphatic carbocycles. The Bertz CT molecular complexity index is 934. The summed E-state index contributed by atoms with van der Waals surface area (Å²) in [6, 6.07) is 1.71. The normalized spacial score (nSPS) is 26.6. The zero-order chi connectivity index (χ0) is 21.6. The van der Waals surface area contributed by atoms with Crippen LogP contribution in [0.4, 0.5) is 10.1 Å². The van der Waals surface area contributed by atoms with Gasteiger partial charge in [0.15, 0.2) is 0 Å². The Morgan fingerprint density at radius 2 is 1.73 bits per heavy atom. The van der Waals surface area contributed by atoms with Crippen molar-refractivity contribution in [3.05, 3.63) is 29.1 Å². The molecule has 1 saturated carbocycles. The van der Waals surface area contributed by atoms with Crippen molar-refractivity contribution in [2.75, 3.05) is 19.0 Å². The molecule has 30 heavy (non-hydrogen) atoms. The highest BCUT2D eigenvalue weighted by molar-refractivity contribution is 6.23. The maximum atomic E-state index is 15.0. The first-order chi connectivity index (χ1) is 14.3. The van der Waals surface area contributed by atoms with Gasteiger partial charge in [-0.15, -0.1) is 0 Å². The quantitative estimate of drug-likeness (QED) is 0.716. The van der Waals surface area contributed by atoms with Gasteiger partial charge in [0.2, 0.25) is 11.8 Å². The van der Waals surface area contributed by atoms with E-state index in [0.29, 0.717) is 0 Å². The molecule has 3 aliphatic rings. The summed E-state index contributed by atoms with van der Waals surface area (Å²) < 4.78 is 15.0. The Balaban J connectivity index is 1.65. The minimum Gasteiger partial charge on any atom is -0.368 e. The van der Waals surface area contributed by atoms with Crippen LogP contribution < -0.4 is 15.5 Å². The second-order valence-corrected chi connectivity index (χ2v) is 8.15. The molecular formula is C21H25FN4O4. The molecule has 0 aromatic heterocycles. The van der Waals surface area contributed by atoms with Crippen LogP contribution in [0.3, 0.4) is 0 Å². The third kappa shape index (κ3) is 3.27. The number of nitrogens with zero attached hydrogens (tertiary/aromatic N) is 2. The van der Waals surface area contributed by atoms with Crippen LogP contribution in [-0.4, -0.2) is 60.7 Å². The number of anilines is 1. The maximum Gasteiger partial charge on any atom is 0.262 e. The van der Waals surface area contributed by atoms with Crippen LogP contribution in [0.25, 0.3) is 0 Å². The number of imide groups is 2. The van der Waals surface area contributed by atoms with Gasteiger partial charge in [-0.1, -0.05) is 12.8 Å². The van der Waals surface area contributed by atoms with E-state index in [-0.39, 0.29) is 41.7 Å². The second-order valence-electron chi connectivity index (χ2n) is 8.15. The third-order valence-corrected chi connectivity index (χ3v) is 6.48. The lowest BCUT2D eigenvalue weighted by Gasteiger charge is -2.39. The summed E-state index contributed by atoms with van der Waals surface area (Å²) in [5.41, 5.74) is 0.296. The lowest BCUT2D eigenvalue weighted by molar-refractivity contribution is -0.136. The fourth-order valence-electron chi connectivity index (χ4n) is 4.84. The fraction of sp³-hybridized carbons (Fsp3) is 0.524. The predicted molar refractivity (Wildman–Crippen MR) is 107 cm³/mol. The number of likely N-dealkylation sites (N-methyl/N-ethyl adjacent to an activating group) is 2. The zero-order valence-corrected chi connectivity index (χ0v) is 17.0. The van der Waals surface area contributed by atoms with Crippen molar-refractivity contribution in [3.63, 3.8) is 0 Å². The highest BCUT2D eigenvalue weighted by Crippen LogP contribution is 2.34. The maximum absolute atomic E-state index is 15.0. The number of benzene rings is 1. The van der Waals surface area contributed by atoms with Gasteiger partial charge in [-0.2, -0.15) is 0 Å². The number of rotatable bonds is 4. The molecule has 3 atom stereocenters. The highest BCUT2D eigenvalue weighted by atomic mass is 19.1. The van der Waals surface area contributed by atoms with Crippen LogP contribution in [0.15, 0.2) is 12.1 Å². The second kappa shape index (κ2) is 7.79. The van der Waals surface area contributed by atoms with Crippen LogP contribution in [0.1, 0.15) is 59.2 Å². The van der Waals surface area contributed by atoms with Gasteiger partial charge in [-0.05, 0) is 38.4 Å². The molecule has 1 aromatic rings. The van der Waals surface area contributed by atoms with Gasteiger partial charge in [-0.3, -0.25) is 29.4 Å². The standard InChI is InChI=1S/C21H25FN4O4/c1-23-14-5-3-4-6-15(14)25(2)17-10-12-11(9-13(17)22)20(29)26(21(12)30)16-7-8-18(27)24-19(16)28/h9-10,14-16,23H,3-8H2,1-2H3,(H,24,27,28)/t14-,15+,16?/m1/s1. The number of fused-ring (bicyclic) bond motifs is 1. The number of hydrogen-bond acceptors (Lipinski definition) is 6. The molecule has 8 nitrogen and oxygen atoms in total. The molecular weight excluding hydrogens is 391 g/mol. The van der Waals surface area contributed by atoms with Crippen molar-refractivity contribution in [2.45, 2.75) is 56.7 Å². The summed E-state index contributed by atoms with van der Waals surface area (Å²) in [4.78, 5) is 52.1. The number of nitrogens with one attached hydrogen (secondary N) is 2. The van der Waals surface area contributed by atoms with Crippen LogP contribution in [0.5, 0.6) is 0 Å². The van der Waals surface area contributed by atoms with E-state index >= 15 is 4.39 Å². The van der Waals surface area contributed by atoms with Crippen LogP contribution in [0, 0.1) is 5.82 Å². The largest absolute Gasteiger partial charge is 0.368 e. The lowest BCUT2D eigenvalue weighted by atomic mass is 9.89. The summed E-state index contributed by atoms with van der Waals surface area (Å²) in [5.74, 6) is -3.04. The van der Waals surface area contributed by atoms with Crippen molar-refractivity contribution in [1.82, 2.24) is 15.5 Å². The van der Waals surface area contributed by atoms with Gasteiger partial charge in [0.1, 0.15) is 11.9 Å². The molecule has 0 radical (unpaired) electrons. The molecule has 9 heteroatoms. The summed E-state index contributed by atoms with van der Waals surface area (Å²) in [6.07, 6.45) is 4.14. The number of amides is 4. The lowest BCUT2D eigenvalue weighted by Crippen LogP contribution is -2.54. The smallest absolute Gasteiger partial charge is 0.262 e. The summed E-state index contributed by atoms with van der Waals surface area (Å²) in [7, 11) is 3.68. The van der Waals surface area contributed by atoms with Gasteiger partial charge in [0.05, 0.1) is 16.8 Å². The molecule has 0 bridgehead atoms. The fourth-order valence-corrected chi connectivity index (χ4v) is 4.84. The molecule has 2 aliphatic heterocycles. The van der Waals surface area contributed by atoms with E-state index in [2.05, 4.69) is 10.6 Å². The molecule has 4 rings (SSSR count). The summed E-state index contributed by atoms with van der Waals surface area (Å²) in [6.45, 7) is 0. The topological polar surface area (TPSA) is 98.8 Å². The Hall–Kier alpha value is -2.81. The number of hydrogen-bond donors (Lipinski definition) is 2. The molecule has 2 heterocycles. The van der Waals surface area contributed by atoms with Gasteiger partial charge in [-0.25, -0.2) is 4.39 Å².